The number of alkyl halides is 3. The van der Waals surface area contributed by atoms with Crippen LogP contribution in [0.1, 0.15) is 30.4 Å². The third kappa shape index (κ3) is 2.30. The Morgan fingerprint density at radius 1 is 1.29 bits per heavy atom. The molecule has 1 aromatic rings. The van der Waals surface area contributed by atoms with Crippen molar-refractivity contribution in [2.24, 2.45) is 5.73 Å². The summed E-state index contributed by atoms with van der Waals surface area (Å²) < 4.78 is 38.6. The first kappa shape index (κ1) is 12.4. The summed E-state index contributed by atoms with van der Waals surface area (Å²) in [7, 11) is 0. The molecule has 0 amide bonds. The molecule has 0 spiro atoms. The molecule has 3 N–H and O–H groups in total. The summed E-state index contributed by atoms with van der Waals surface area (Å²) in [6.07, 6.45) is -4.01. The smallest absolute Gasteiger partial charge is 0.393 e. The molecule has 1 fully saturated rings. The predicted octanol–water partition coefficient (Wildman–Crippen LogP) is 2.40. The number of aliphatic hydroxyl groups excluding tert-OH is 1. The first-order valence-corrected chi connectivity index (χ1v) is 5.46. The normalized spacial score (nSPS) is 29.6. The van der Waals surface area contributed by atoms with Crippen LogP contribution in [-0.4, -0.2) is 11.2 Å². The lowest BCUT2D eigenvalue weighted by molar-refractivity contribution is -0.138. The van der Waals surface area contributed by atoms with Crippen LogP contribution in [0.4, 0.5) is 13.2 Å². The van der Waals surface area contributed by atoms with Crippen LogP contribution in [0.15, 0.2) is 24.3 Å². The monoisotopic (exact) mass is 245 g/mol. The zero-order valence-corrected chi connectivity index (χ0v) is 9.17. The first-order chi connectivity index (χ1) is 7.83. The van der Waals surface area contributed by atoms with Crippen LogP contribution in [0.25, 0.3) is 0 Å². The number of aliphatic hydroxyl groups is 1. The number of hydrogen-bond acceptors (Lipinski definition) is 2. The van der Waals surface area contributed by atoms with Gasteiger partial charge in [-0.15, -0.1) is 0 Å². The summed E-state index contributed by atoms with van der Waals surface area (Å²) in [4.78, 5) is 0. The van der Waals surface area contributed by atoms with Crippen molar-refractivity contribution in [3.63, 3.8) is 0 Å². The maximum atomic E-state index is 12.9. The molecule has 2 atom stereocenters. The van der Waals surface area contributed by atoms with Gasteiger partial charge in [0, 0.05) is 5.54 Å². The molecular weight excluding hydrogens is 231 g/mol. The van der Waals surface area contributed by atoms with Gasteiger partial charge in [-0.2, -0.15) is 13.2 Å². The van der Waals surface area contributed by atoms with Crippen molar-refractivity contribution in [3.8, 4) is 0 Å². The molecule has 0 aromatic heterocycles. The molecule has 5 heteroatoms. The third-order valence-electron chi connectivity index (χ3n) is 3.29. The van der Waals surface area contributed by atoms with E-state index in [4.69, 9.17) is 5.73 Å². The van der Waals surface area contributed by atoms with E-state index >= 15 is 0 Å². The minimum atomic E-state index is -4.41. The zero-order valence-electron chi connectivity index (χ0n) is 9.17. The van der Waals surface area contributed by atoms with Crippen molar-refractivity contribution in [3.05, 3.63) is 35.4 Å². The molecule has 94 valence electrons. The molecule has 0 radical (unpaired) electrons. The Morgan fingerprint density at radius 3 is 2.47 bits per heavy atom. The minimum absolute atomic E-state index is 0.0871. The third-order valence-corrected chi connectivity index (χ3v) is 3.29. The Hall–Kier alpha value is -1.07. The summed E-state index contributed by atoms with van der Waals surface area (Å²) in [6, 6.07) is 5.33. The highest BCUT2D eigenvalue weighted by Gasteiger charge is 2.43. The van der Waals surface area contributed by atoms with E-state index in [2.05, 4.69) is 0 Å². The average Bonchev–Trinajstić information content (AvgIpc) is 2.59. The van der Waals surface area contributed by atoms with Crippen LogP contribution in [0, 0.1) is 0 Å². The average molecular weight is 245 g/mol. The van der Waals surface area contributed by atoms with Crippen LogP contribution in [0.3, 0.4) is 0 Å². The van der Waals surface area contributed by atoms with Crippen LogP contribution in [0.2, 0.25) is 0 Å². The van der Waals surface area contributed by atoms with Gasteiger partial charge in [-0.3, -0.25) is 0 Å². The van der Waals surface area contributed by atoms with Crippen molar-refractivity contribution >= 4 is 0 Å². The van der Waals surface area contributed by atoms with E-state index in [9.17, 15) is 18.3 Å². The van der Waals surface area contributed by atoms with Crippen molar-refractivity contribution in [1.29, 1.82) is 0 Å². The lowest BCUT2D eigenvalue weighted by Crippen LogP contribution is -2.36. The van der Waals surface area contributed by atoms with Gasteiger partial charge < -0.3 is 10.8 Å². The fraction of sp³-hybridized carbons (Fsp3) is 0.500. The summed E-state index contributed by atoms with van der Waals surface area (Å²) in [5.41, 5.74) is 4.33. The zero-order chi connectivity index (χ0) is 12.7. The Bertz CT molecular complexity index is 418. The second-order valence-corrected chi connectivity index (χ2v) is 4.60. The summed E-state index contributed by atoms with van der Waals surface area (Å²) in [5, 5.41) is 9.46. The first-order valence-electron chi connectivity index (χ1n) is 5.46. The summed E-state index contributed by atoms with van der Waals surface area (Å²) in [6.45, 7) is 0. The number of rotatable bonds is 1. The van der Waals surface area contributed by atoms with Crippen molar-refractivity contribution in [1.82, 2.24) is 0 Å². The van der Waals surface area contributed by atoms with E-state index in [1.807, 2.05) is 0 Å². The molecule has 2 nitrogen and oxygen atoms in total. The van der Waals surface area contributed by atoms with Crippen LogP contribution in [0.5, 0.6) is 0 Å². The Kier molecular flexibility index (Phi) is 2.91. The Balaban J connectivity index is 2.46. The molecule has 1 aliphatic rings. The SMILES string of the molecule is NC1(c2ccccc2C(F)(F)F)CCC(O)C1. The lowest BCUT2D eigenvalue weighted by atomic mass is 9.85. The maximum Gasteiger partial charge on any atom is 0.416 e. The lowest BCUT2D eigenvalue weighted by Gasteiger charge is -2.27. The molecule has 0 heterocycles. The highest BCUT2D eigenvalue weighted by Crippen LogP contribution is 2.42. The fourth-order valence-electron chi connectivity index (χ4n) is 2.46. The predicted molar refractivity (Wildman–Crippen MR) is 57.2 cm³/mol. The second-order valence-electron chi connectivity index (χ2n) is 4.60. The molecule has 2 rings (SSSR count). The van der Waals surface area contributed by atoms with Crippen LogP contribution < -0.4 is 5.73 Å². The quantitative estimate of drug-likeness (QED) is 0.798. The molecule has 17 heavy (non-hydrogen) atoms. The standard InChI is InChI=1S/C12H14F3NO/c13-12(14,15)10-4-2-1-3-9(10)11(16)6-5-8(17)7-11/h1-4,8,17H,5-7,16H2. The second kappa shape index (κ2) is 3.99. The van der Waals surface area contributed by atoms with E-state index < -0.39 is 23.4 Å². The molecule has 1 aromatic carbocycles. The topological polar surface area (TPSA) is 46.2 Å². The maximum absolute atomic E-state index is 12.9. The number of halogens is 3. The molecule has 1 saturated carbocycles. The van der Waals surface area contributed by atoms with Gasteiger partial charge >= 0.3 is 6.18 Å². The van der Waals surface area contributed by atoms with Gasteiger partial charge in [-0.05, 0) is 30.9 Å². The highest BCUT2D eigenvalue weighted by molar-refractivity contribution is 5.36. The van der Waals surface area contributed by atoms with E-state index in [0.29, 0.717) is 12.8 Å². The van der Waals surface area contributed by atoms with E-state index in [-0.39, 0.29) is 12.0 Å². The van der Waals surface area contributed by atoms with Crippen LogP contribution in [-0.2, 0) is 11.7 Å². The number of hydrogen-bond donors (Lipinski definition) is 2. The molecule has 1 aliphatic carbocycles. The van der Waals surface area contributed by atoms with Crippen LogP contribution >= 0.6 is 0 Å². The van der Waals surface area contributed by atoms with Gasteiger partial charge in [0.05, 0.1) is 11.7 Å². The highest BCUT2D eigenvalue weighted by atomic mass is 19.4. The molecule has 0 aliphatic heterocycles. The fourth-order valence-corrected chi connectivity index (χ4v) is 2.46. The largest absolute Gasteiger partial charge is 0.416 e. The van der Waals surface area contributed by atoms with Gasteiger partial charge in [0.25, 0.3) is 0 Å². The van der Waals surface area contributed by atoms with Gasteiger partial charge in [-0.25, -0.2) is 0 Å². The van der Waals surface area contributed by atoms with Crippen molar-refractivity contribution < 1.29 is 18.3 Å². The summed E-state index contributed by atoms with van der Waals surface area (Å²) >= 11 is 0. The number of nitrogens with two attached hydrogens (primary N) is 1. The van der Waals surface area contributed by atoms with Crippen molar-refractivity contribution in [2.75, 3.05) is 0 Å². The molecule has 2 unspecified atom stereocenters. The van der Waals surface area contributed by atoms with E-state index in [1.54, 1.807) is 6.07 Å². The van der Waals surface area contributed by atoms with Gasteiger partial charge in [0.1, 0.15) is 0 Å². The van der Waals surface area contributed by atoms with E-state index in [1.165, 1.54) is 12.1 Å². The van der Waals surface area contributed by atoms with E-state index in [0.717, 1.165) is 6.07 Å². The minimum Gasteiger partial charge on any atom is -0.393 e. The molecular formula is C12H14F3NO. The number of benzene rings is 1. The Morgan fingerprint density at radius 2 is 1.94 bits per heavy atom. The van der Waals surface area contributed by atoms with Gasteiger partial charge in [-0.1, -0.05) is 18.2 Å². The summed E-state index contributed by atoms with van der Waals surface area (Å²) in [5.74, 6) is 0. The Labute approximate surface area is 97.2 Å². The molecule has 0 saturated heterocycles. The van der Waals surface area contributed by atoms with Gasteiger partial charge in [0.2, 0.25) is 0 Å². The molecule has 0 bridgehead atoms. The van der Waals surface area contributed by atoms with Crippen molar-refractivity contribution in [2.45, 2.75) is 37.1 Å². The van der Waals surface area contributed by atoms with Gasteiger partial charge in [0.15, 0.2) is 0 Å².